The van der Waals surface area contributed by atoms with Crippen molar-refractivity contribution in [3.05, 3.63) is 0 Å². The summed E-state index contributed by atoms with van der Waals surface area (Å²) in [6.45, 7) is 8.99. The lowest BCUT2D eigenvalue weighted by Gasteiger charge is -2.30. The summed E-state index contributed by atoms with van der Waals surface area (Å²) in [5.74, 6) is 0.680. The highest BCUT2D eigenvalue weighted by Crippen LogP contribution is 2.19. The molecular formula is C13H27NO2. The van der Waals surface area contributed by atoms with Gasteiger partial charge in [0.25, 0.3) is 0 Å². The summed E-state index contributed by atoms with van der Waals surface area (Å²) >= 11 is 0. The van der Waals surface area contributed by atoms with E-state index in [0.717, 1.165) is 45.8 Å². The molecule has 0 aromatic heterocycles. The highest BCUT2D eigenvalue weighted by molar-refractivity contribution is 4.78. The average molecular weight is 229 g/mol. The van der Waals surface area contributed by atoms with Gasteiger partial charge < -0.3 is 14.8 Å². The lowest BCUT2D eigenvalue weighted by atomic mass is 9.92. The van der Waals surface area contributed by atoms with Gasteiger partial charge in [-0.1, -0.05) is 13.8 Å². The third-order valence-corrected chi connectivity index (χ3v) is 3.15. The third kappa shape index (κ3) is 5.28. The Labute approximate surface area is 99.9 Å². The second-order valence-corrected chi connectivity index (χ2v) is 4.54. The van der Waals surface area contributed by atoms with Crippen LogP contribution >= 0.6 is 0 Å². The summed E-state index contributed by atoms with van der Waals surface area (Å²) in [6, 6.07) is 0.571. The molecule has 1 aliphatic heterocycles. The van der Waals surface area contributed by atoms with Crippen molar-refractivity contribution in [3.8, 4) is 0 Å². The van der Waals surface area contributed by atoms with Gasteiger partial charge in [0.1, 0.15) is 0 Å². The van der Waals surface area contributed by atoms with E-state index in [1.54, 1.807) is 0 Å². The monoisotopic (exact) mass is 229 g/mol. The molecule has 1 heterocycles. The van der Waals surface area contributed by atoms with E-state index < -0.39 is 0 Å². The molecule has 0 bridgehead atoms. The third-order valence-electron chi connectivity index (χ3n) is 3.15. The molecule has 0 saturated carbocycles. The second kappa shape index (κ2) is 8.97. The number of rotatable bonds is 8. The highest BCUT2D eigenvalue weighted by Gasteiger charge is 2.23. The normalized spacial score (nSPS) is 23.2. The molecule has 1 N–H and O–H groups in total. The van der Waals surface area contributed by atoms with Gasteiger partial charge in [-0.25, -0.2) is 0 Å². The van der Waals surface area contributed by atoms with Crippen LogP contribution in [-0.2, 0) is 9.47 Å². The molecule has 1 fully saturated rings. The lowest BCUT2D eigenvalue weighted by molar-refractivity contribution is 0.0309. The number of ether oxygens (including phenoxy) is 2. The topological polar surface area (TPSA) is 30.5 Å². The van der Waals surface area contributed by atoms with E-state index in [9.17, 15) is 0 Å². The van der Waals surface area contributed by atoms with E-state index in [2.05, 4.69) is 19.2 Å². The summed E-state index contributed by atoms with van der Waals surface area (Å²) in [5.41, 5.74) is 0. The van der Waals surface area contributed by atoms with E-state index in [1.807, 2.05) is 0 Å². The van der Waals surface area contributed by atoms with Crippen LogP contribution in [-0.4, -0.2) is 39.0 Å². The zero-order valence-electron chi connectivity index (χ0n) is 10.8. The molecule has 2 atom stereocenters. The first-order valence-corrected chi connectivity index (χ1v) is 6.77. The zero-order valence-corrected chi connectivity index (χ0v) is 10.8. The van der Waals surface area contributed by atoms with Gasteiger partial charge in [-0.15, -0.1) is 0 Å². The Kier molecular flexibility index (Phi) is 7.81. The second-order valence-electron chi connectivity index (χ2n) is 4.54. The van der Waals surface area contributed by atoms with Crippen LogP contribution in [0.1, 0.15) is 39.5 Å². The van der Waals surface area contributed by atoms with Gasteiger partial charge in [0.2, 0.25) is 0 Å². The summed E-state index contributed by atoms with van der Waals surface area (Å²) < 4.78 is 11.1. The molecule has 96 valence electrons. The van der Waals surface area contributed by atoms with Crippen LogP contribution in [0.25, 0.3) is 0 Å². The van der Waals surface area contributed by atoms with Gasteiger partial charge in [0.05, 0.1) is 6.61 Å². The predicted octanol–water partition coefficient (Wildman–Crippen LogP) is 2.21. The molecule has 3 nitrogen and oxygen atoms in total. The van der Waals surface area contributed by atoms with E-state index >= 15 is 0 Å². The SMILES string of the molecule is CCCOCCC(NCC)C1CCCOC1. The number of nitrogens with one attached hydrogen (secondary N) is 1. The molecule has 0 aromatic carbocycles. The fraction of sp³-hybridized carbons (Fsp3) is 1.00. The Bertz CT molecular complexity index is 158. The van der Waals surface area contributed by atoms with Gasteiger partial charge in [0, 0.05) is 25.9 Å². The molecule has 0 amide bonds. The van der Waals surface area contributed by atoms with Crippen molar-refractivity contribution in [2.24, 2.45) is 5.92 Å². The summed E-state index contributed by atoms with van der Waals surface area (Å²) in [5, 5.41) is 3.57. The average Bonchev–Trinajstić information content (AvgIpc) is 2.34. The van der Waals surface area contributed by atoms with Gasteiger partial charge in [0.15, 0.2) is 0 Å². The van der Waals surface area contributed by atoms with Gasteiger partial charge in [-0.2, -0.15) is 0 Å². The summed E-state index contributed by atoms with van der Waals surface area (Å²) in [4.78, 5) is 0. The van der Waals surface area contributed by atoms with Crippen molar-refractivity contribution in [3.63, 3.8) is 0 Å². The van der Waals surface area contributed by atoms with Crippen molar-refractivity contribution < 1.29 is 9.47 Å². The lowest BCUT2D eigenvalue weighted by Crippen LogP contribution is -2.41. The van der Waals surface area contributed by atoms with E-state index in [1.165, 1.54) is 12.8 Å². The van der Waals surface area contributed by atoms with Crippen LogP contribution in [0.2, 0.25) is 0 Å². The first-order chi connectivity index (χ1) is 7.88. The Morgan fingerprint density at radius 2 is 2.25 bits per heavy atom. The van der Waals surface area contributed by atoms with Gasteiger partial charge in [-0.05, 0) is 38.1 Å². The standard InChI is InChI=1S/C13H27NO2/c1-3-8-15-10-7-13(14-4-2)12-6-5-9-16-11-12/h12-14H,3-11H2,1-2H3. The molecule has 16 heavy (non-hydrogen) atoms. The smallest absolute Gasteiger partial charge is 0.0509 e. The van der Waals surface area contributed by atoms with Crippen LogP contribution in [0, 0.1) is 5.92 Å². The maximum atomic E-state index is 5.57. The largest absolute Gasteiger partial charge is 0.381 e. The molecule has 0 radical (unpaired) electrons. The van der Waals surface area contributed by atoms with Crippen molar-refractivity contribution in [1.29, 1.82) is 0 Å². The molecule has 1 saturated heterocycles. The summed E-state index contributed by atoms with van der Waals surface area (Å²) in [7, 11) is 0. The van der Waals surface area contributed by atoms with E-state index in [0.29, 0.717) is 12.0 Å². The van der Waals surface area contributed by atoms with Crippen molar-refractivity contribution in [1.82, 2.24) is 5.32 Å². The van der Waals surface area contributed by atoms with Crippen LogP contribution in [0.3, 0.4) is 0 Å². The minimum atomic E-state index is 0.571. The van der Waals surface area contributed by atoms with Crippen LogP contribution < -0.4 is 5.32 Å². The minimum absolute atomic E-state index is 0.571. The van der Waals surface area contributed by atoms with Crippen molar-refractivity contribution in [2.75, 3.05) is 33.0 Å². The van der Waals surface area contributed by atoms with E-state index in [-0.39, 0.29) is 0 Å². The molecule has 1 aliphatic rings. The maximum absolute atomic E-state index is 5.57. The predicted molar refractivity (Wildman–Crippen MR) is 66.7 cm³/mol. The Morgan fingerprint density at radius 3 is 2.88 bits per heavy atom. The molecule has 0 spiro atoms. The fourth-order valence-corrected chi connectivity index (χ4v) is 2.31. The molecule has 1 rings (SSSR count). The number of hydrogen-bond donors (Lipinski definition) is 1. The maximum Gasteiger partial charge on any atom is 0.0509 e. The quantitative estimate of drug-likeness (QED) is 0.647. The molecular weight excluding hydrogens is 202 g/mol. The van der Waals surface area contributed by atoms with Crippen molar-refractivity contribution >= 4 is 0 Å². The van der Waals surface area contributed by atoms with Gasteiger partial charge >= 0.3 is 0 Å². The Hall–Kier alpha value is -0.120. The first kappa shape index (κ1) is 13.9. The first-order valence-electron chi connectivity index (χ1n) is 6.77. The fourth-order valence-electron chi connectivity index (χ4n) is 2.31. The zero-order chi connectivity index (χ0) is 11.6. The van der Waals surface area contributed by atoms with Crippen LogP contribution in [0.4, 0.5) is 0 Å². The highest BCUT2D eigenvalue weighted by atomic mass is 16.5. The molecule has 0 aromatic rings. The van der Waals surface area contributed by atoms with Crippen molar-refractivity contribution in [2.45, 2.75) is 45.6 Å². The molecule has 3 heteroatoms. The van der Waals surface area contributed by atoms with Crippen LogP contribution in [0.5, 0.6) is 0 Å². The summed E-state index contributed by atoms with van der Waals surface area (Å²) in [6.07, 6.45) is 4.73. The number of hydrogen-bond acceptors (Lipinski definition) is 3. The van der Waals surface area contributed by atoms with Gasteiger partial charge in [-0.3, -0.25) is 0 Å². The Morgan fingerprint density at radius 1 is 1.38 bits per heavy atom. The molecule has 0 aliphatic carbocycles. The van der Waals surface area contributed by atoms with E-state index in [4.69, 9.17) is 9.47 Å². The minimum Gasteiger partial charge on any atom is -0.381 e. The Balaban J connectivity index is 2.22. The van der Waals surface area contributed by atoms with Crippen LogP contribution in [0.15, 0.2) is 0 Å². The molecule has 2 unspecified atom stereocenters.